The maximum atomic E-state index is 2.44. The van der Waals surface area contributed by atoms with Crippen molar-refractivity contribution in [2.45, 2.75) is 70.1 Å². The maximum absolute atomic E-state index is 2.44. The molecule has 0 saturated carbocycles. The van der Waals surface area contributed by atoms with Crippen LogP contribution in [0.3, 0.4) is 0 Å². The quantitative estimate of drug-likeness (QED) is 0.547. The van der Waals surface area contributed by atoms with Gasteiger partial charge in [0.05, 0.1) is 0 Å². The minimum absolute atomic E-state index is 0.559. The Morgan fingerprint density at radius 3 is 2.00 bits per heavy atom. The van der Waals surface area contributed by atoms with Crippen molar-refractivity contribution in [3.05, 3.63) is 59.2 Å². The molecule has 0 aromatic heterocycles. The topological polar surface area (TPSA) is 0 Å². The molecule has 21 heavy (non-hydrogen) atoms. The van der Waals surface area contributed by atoms with Gasteiger partial charge in [-0.3, -0.25) is 0 Å². The molecule has 0 heterocycles. The number of hydrogen-bond acceptors (Lipinski definition) is 0. The van der Waals surface area contributed by atoms with Crippen LogP contribution in [0.4, 0.5) is 0 Å². The standard InChI is InChI=1S/C21H28/c1-2-4-6-11-15-20-19(14-8-5-3-1)16-17-21(20)18-12-9-7-10-13-18/h7,9-10,12-13,16-17,21H,1-6,8,11,14-15H2. The van der Waals surface area contributed by atoms with E-state index in [4.69, 9.17) is 0 Å². The summed E-state index contributed by atoms with van der Waals surface area (Å²) < 4.78 is 0. The molecule has 2 aliphatic rings. The summed E-state index contributed by atoms with van der Waals surface area (Å²) in [6.45, 7) is 0. The Balaban J connectivity index is 1.76. The summed E-state index contributed by atoms with van der Waals surface area (Å²) in [7, 11) is 0. The van der Waals surface area contributed by atoms with Crippen LogP contribution in [-0.2, 0) is 0 Å². The predicted molar refractivity (Wildman–Crippen MR) is 91.5 cm³/mol. The molecule has 1 unspecified atom stereocenters. The van der Waals surface area contributed by atoms with Gasteiger partial charge in [0.2, 0.25) is 0 Å². The highest BCUT2D eigenvalue weighted by Crippen LogP contribution is 2.39. The second-order valence-electron chi connectivity index (χ2n) is 6.63. The van der Waals surface area contributed by atoms with Gasteiger partial charge in [0.15, 0.2) is 0 Å². The van der Waals surface area contributed by atoms with Crippen molar-refractivity contribution in [1.29, 1.82) is 0 Å². The second-order valence-corrected chi connectivity index (χ2v) is 6.63. The van der Waals surface area contributed by atoms with Crippen molar-refractivity contribution in [1.82, 2.24) is 0 Å². The zero-order valence-electron chi connectivity index (χ0n) is 13.2. The fourth-order valence-corrected chi connectivity index (χ4v) is 3.86. The van der Waals surface area contributed by atoms with Gasteiger partial charge in [0, 0.05) is 5.92 Å². The van der Waals surface area contributed by atoms with E-state index in [1.807, 2.05) is 0 Å². The highest BCUT2D eigenvalue weighted by Gasteiger charge is 2.21. The lowest BCUT2D eigenvalue weighted by atomic mass is 9.87. The van der Waals surface area contributed by atoms with E-state index < -0.39 is 0 Å². The first-order chi connectivity index (χ1) is 10.4. The molecule has 0 N–H and O–H groups in total. The molecule has 0 radical (unpaired) electrons. The van der Waals surface area contributed by atoms with E-state index in [9.17, 15) is 0 Å². The van der Waals surface area contributed by atoms with Crippen molar-refractivity contribution < 1.29 is 0 Å². The normalized spacial score (nSPS) is 24.3. The molecular weight excluding hydrogens is 252 g/mol. The molecule has 0 heteroatoms. The van der Waals surface area contributed by atoms with Gasteiger partial charge in [-0.25, -0.2) is 0 Å². The maximum Gasteiger partial charge on any atom is 0.0237 e. The smallest absolute Gasteiger partial charge is 0.0237 e. The predicted octanol–water partition coefficient (Wildman–Crippen LogP) is 6.55. The van der Waals surface area contributed by atoms with Crippen molar-refractivity contribution in [2.75, 3.05) is 0 Å². The molecule has 0 spiro atoms. The summed E-state index contributed by atoms with van der Waals surface area (Å²) in [5.74, 6) is 0.559. The van der Waals surface area contributed by atoms with E-state index in [2.05, 4.69) is 42.5 Å². The summed E-state index contributed by atoms with van der Waals surface area (Å²) in [5, 5.41) is 0. The number of benzene rings is 1. The van der Waals surface area contributed by atoms with Crippen LogP contribution in [0, 0.1) is 0 Å². The molecular formula is C21H28. The molecule has 2 aliphatic carbocycles. The Hall–Kier alpha value is -1.30. The fraction of sp³-hybridized carbons (Fsp3) is 0.524. The van der Waals surface area contributed by atoms with E-state index in [1.54, 1.807) is 11.1 Å². The van der Waals surface area contributed by atoms with Crippen LogP contribution < -0.4 is 0 Å². The lowest BCUT2D eigenvalue weighted by Gasteiger charge is -2.17. The molecule has 0 amide bonds. The SMILES string of the molecule is C1=CC(c2ccccc2)C2=C1CCCCCCCCCC2. The monoisotopic (exact) mass is 280 g/mol. The Labute approximate surface area is 130 Å². The average Bonchev–Trinajstić information content (AvgIpc) is 2.91. The van der Waals surface area contributed by atoms with Gasteiger partial charge in [-0.05, 0) is 36.8 Å². The Morgan fingerprint density at radius 2 is 1.29 bits per heavy atom. The summed E-state index contributed by atoms with van der Waals surface area (Å²) >= 11 is 0. The molecule has 1 aromatic carbocycles. The lowest BCUT2D eigenvalue weighted by molar-refractivity contribution is 0.557. The van der Waals surface area contributed by atoms with E-state index in [-0.39, 0.29) is 0 Å². The van der Waals surface area contributed by atoms with Crippen LogP contribution in [-0.4, -0.2) is 0 Å². The van der Waals surface area contributed by atoms with E-state index >= 15 is 0 Å². The Bertz CT molecular complexity index is 492. The molecule has 0 fully saturated rings. The number of allylic oxidation sites excluding steroid dienone is 4. The summed E-state index contributed by atoms with van der Waals surface area (Å²) in [4.78, 5) is 0. The molecule has 0 nitrogen and oxygen atoms in total. The molecule has 3 rings (SSSR count). The molecule has 0 saturated heterocycles. The van der Waals surface area contributed by atoms with Crippen LogP contribution >= 0.6 is 0 Å². The van der Waals surface area contributed by atoms with Gasteiger partial charge in [-0.2, -0.15) is 0 Å². The van der Waals surface area contributed by atoms with E-state index in [0.717, 1.165) is 0 Å². The van der Waals surface area contributed by atoms with Crippen LogP contribution in [0.5, 0.6) is 0 Å². The van der Waals surface area contributed by atoms with Gasteiger partial charge < -0.3 is 0 Å². The van der Waals surface area contributed by atoms with Gasteiger partial charge in [0.25, 0.3) is 0 Å². The minimum Gasteiger partial charge on any atom is -0.0727 e. The highest BCUT2D eigenvalue weighted by atomic mass is 14.3. The average molecular weight is 280 g/mol. The summed E-state index contributed by atoms with van der Waals surface area (Å²) in [5.41, 5.74) is 4.86. The third kappa shape index (κ3) is 3.87. The molecule has 112 valence electrons. The van der Waals surface area contributed by atoms with Crippen molar-refractivity contribution in [3.63, 3.8) is 0 Å². The van der Waals surface area contributed by atoms with Crippen LogP contribution in [0.2, 0.25) is 0 Å². The van der Waals surface area contributed by atoms with Gasteiger partial charge >= 0.3 is 0 Å². The third-order valence-corrected chi connectivity index (χ3v) is 5.08. The summed E-state index contributed by atoms with van der Waals surface area (Å²) in [6, 6.07) is 11.1. The Kier molecular flexibility index (Phi) is 5.32. The fourth-order valence-electron chi connectivity index (χ4n) is 3.86. The first kappa shape index (κ1) is 14.6. The second kappa shape index (κ2) is 7.64. The van der Waals surface area contributed by atoms with Gasteiger partial charge in [0.1, 0.15) is 0 Å². The van der Waals surface area contributed by atoms with Crippen molar-refractivity contribution >= 4 is 0 Å². The molecule has 1 aromatic rings. The third-order valence-electron chi connectivity index (χ3n) is 5.08. The van der Waals surface area contributed by atoms with Gasteiger partial charge in [-0.15, -0.1) is 0 Å². The Morgan fingerprint density at radius 1 is 0.667 bits per heavy atom. The zero-order chi connectivity index (χ0) is 14.3. The van der Waals surface area contributed by atoms with Crippen LogP contribution in [0.1, 0.15) is 75.7 Å². The zero-order valence-corrected chi connectivity index (χ0v) is 13.2. The van der Waals surface area contributed by atoms with E-state index in [0.29, 0.717) is 5.92 Å². The molecule has 1 atom stereocenters. The first-order valence-electron chi connectivity index (χ1n) is 8.90. The van der Waals surface area contributed by atoms with Crippen LogP contribution in [0.15, 0.2) is 53.6 Å². The van der Waals surface area contributed by atoms with E-state index in [1.165, 1.54) is 69.8 Å². The lowest BCUT2D eigenvalue weighted by Crippen LogP contribution is -2.00. The molecule has 0 aliphatic heterocycles. The largest absolute Gasteiger partial charge is 0.0727 e. The van der Waals surface area contributed by atoms with Crippen molar-refractivity contribution in [3.8, 4) is 0 Å². The highest BCUT2D eigenvalue weighted by molar-refractivity contribution is 5.46. The first-order valence-corrected chi connectivity index (χ1v) is 8.90. The van der Waals surface area contributed by atoms with Crippen molar-refractivity contribution in [2.24, 2.45) is 0 Å². The minimum atomic E-state index is 0.559. The number of rotatable bonds is 1. The van der Waals surface area contributed by atoms with Crippen LogP contribution in [0.25, 0.3) is 0 Å². The molecule has 0 bridgehead atoms. The number of hydrogen-bond donors (Lipinski definition) is 0. The summed E-state index contributed by atoms with van der Waals surface area (Å²) in [6.07, 6.45) is 18.9. The van der Waals surface area contributed by atoms with Gasteiger partial charge in [-0.1, -0.05) is 86.6 Å².